The van der Waals surface area contributed by atoms with Crippen LogP contribution >= 0.6 is 0 Å². The van der Waals surface area contributed by atoms with Crippen LogP contribution in [0.15, 0.2) is 71.6 Å². The number of rotatable bonds is 3. The van der Waals surface area contributed by atoms with E-state index in [1.807, 2.05) is 30.3 Å². The normalized spacial score (nSPS) is 9.74. The molecule has 0 N–H and O–H groups in total. The smallest absolute Gasteiger partial charge is 0.339 e. The first kappa shape index (κ1) is 14.6. The van der Waals surface area contributed by atoms with Crippen molar-refractivity contribution >= 4 is 5.97 Å². The van der Waals surface area contributed by atoms with E-state index in [1.54, 1.807) is 30.5 Å². The maximum absolute atomic E-state index is 11.9. The summed E-state index contributed by atoms with van der Waals surface area (Å²) < 4.78 is 10.3. The Kier molecular flexibility index (Phi) is 4.51. The van der Waals surface area contributed by atoms with Gasteiger partial charge < -0.3 is 9.15 Å². The lowest BCUT2D eigenvalue weighted by molar-refractivity contribution is 0.0556. The largest absolute Gasteiger partial charge is 0.449 e. The Bertz CT molecular complexity index is 826. The Balaban J connectivity index is 1.57. The van der Waals surface area contributed by atoms with Crippen molar-refractivity contribution in [3.8, 4) is 23.2 Å². The van der Waals surface area contributed by atoms with Crippen LogP contribution in [0.2, 0.25) is 0 Å². The summed E-state index contributed by atoms with van der Waals surface area (Å²) in [5.41, 5.74) is 2.21. The molecule has 3 rings (SSSR count). The van der Waals surface area contributed by atoms with Crippen LogP contribution in [-0.4, -0.2) is 17.6 Å². The highest BCUT2D eigenvalue weighted by Gasteiger charge is 2.07. The van der Waals surface area contributed by atoms with Crippen LogP contribution in [0.1, 0.15) is 15.9 Å². The van der Waals surface area contributed by atoms with Crippen molar-refractivity contribution in [2.24, 2.45) is 0 Å². The molecule has 0 fully saturated rings. The molecule has 0 saturated heterocycles. The van der Waals surface area contributed by atoms with Crippen LogP contribution in [0.25, 0.3) is 11.3 Å². The van der Waals surface area contributed by atoms with Gasteiger partial charge >= 0.3 is 5.97 Å². The van der Waals surface area contributed by atoms with Crippen molar-refractivity contribution in [3.05, 3.63) is 78.3 Å². The van der Waals surface area contributed by atoms with Gasteiger partial charge in [0.1, 0.15) is 0 Å². The fourth-order valence-corrected chi connectivity index (χ4v) is 1.97. The third-order valence-electron chi connectivity index (χ3n) is 3.12. The summed E-state index contributed by atoms with van der Waals surface area (Å²) in [5, 5.41) is 0. The maximum atomic E-state index is 11.9. The van der Waals surface area contributed by atoms with Crippen molar-refractivity contribution < 1.29 is 13.9 Å². The molecule has 1 aromatic heterocycles. The second kappa shape index (κ2) is 7.10. The van der Waals surface area contributed by atoms with Crippen LogP contribution in [0, 0.1) is 11.8 Å². The Morgan fingerprint density at radius 2 is 1.87 bits per heavy atom. The minimum absolute atomic E-state index is 0.0532. The summed E-state index contributed by atoms with van der Waals surface area (Å²) in [6.07, 6.45) is 2.98. The van der Waals surface area contributed by atoms with Gasteiger partial charge in [-0.05, 0) is 24.3 Å². The Labute approximate surface area is 133 Å². The van der Waals surface area contributed by atoms with E-state index in [9.17, 15) is 4.79 Å². The van der Waals surface area contributed by atoms with Crippen molar-refractivity contribution in [2.75, 3.05) is 6.61 Å². The molecule has 0 atom stereocenters. The highest BCUT2D eigenvalue weighted by atomic mass is 16.5. The number of esters is 1. The zero-order valence-electron chi connectivity index (χ0n) is 12.2. The third-order valence-corrected chi connectivity index (χ3v) is 3.12. The van der Waals surface area contributed by atoms with E-state index in [1.165, 1.54) is 6.39 Å². The summed E-state index contributed by atoms with van der Waals surface area (Å²) in [6.45, 7) is 0.0532. The highest BCUT2D eigenvalue weighted by molar-refractivity contribution is 5.90. The lowest BCUT2D eigenvalue weighted by Crippen LogP contribution is -2.05. The number of nitrogens with zero attached hydrogens (tertiary/aromatic N) is 1. The van der Waals surface area contributed by atoms with E-state index >= 15 is 0 Å². The first-order valence-corrected chi connectivity index (χ1v) is 7.03. The molecule has 0 saturated carbocycles. The predicted octanol–water partition coefficient (Wildman–Crippen LogP) is 3.55. The topological polar surface area (TPSA) is 52.3 Å². The Morgan fingerprint density at radius 3 is 2.57 bits per heavy atom. The zero-order valence-corrected chi connectivity index (χ0v) is 12.2. The molecule has 23 heavy (non-hydrogen) atoms. The molecule has 3 aromatic rings. The van der Waals surface area contributed by atoms with Crippen molar-refractivity contribution in [1.82, 2.24) is 4.98 Å². The van der Waals surface area contributed by atoms with Gasteiger partial charge in [0.15, 0.2) is 18.8 Å². The first-order chi connectivity index (χ1) is 11.3. The average molecular weight is 303 g/mol. The Morgan fingerprint density at radius 1 is 1.09 bits per heavy atom. The quantitative estimate of drug-likeness (QED) is 0.548. The molecule has 112 valence electrons. The fourth-order valence-electron chi connectivity index (χ4n) is 1.97. The molecule has 0 unspecified atom stereocenters. The molecule has 4 nitrogen and oxygen atoms in total. The van der Waals surface area contributed by atoms with Gasteiger partial charge in [0.25, 0.3) is 0 Å². The molecular formula is C19H13NO3. The predicted molar refractivity (Wildman–Crippen MR) is 85.5 cm³/mol. The maximum Gasteiger partial charge on any atom is 0.339 e. The first-order valence-electron chi connectivity index (χ1n) is 7.03. The molecule has 0 amide bonds. The van der Waals surface area contributed by atoms with E-state index in [4.69, 9.17) is 9.15 Å². The molecule has 0 aliphatic heterocycles. The molecule has 0 aliphatic carbocycles. The number of carbonyl (C=O) groups is 1. The number of aromatic nitrogens is 1. The average Bonchev–Trinajstić information content (AvgIpc) is 3.14. The van der Waals surface area contributed by atoms with Crippen LogP contribution < -0.4 is 0 Å². The second-order valence-electron chi connectivity index (χ2n) is 4.69. The van der Waals surface area contributed by atoms with Gasteiger partial charge in [0, 0.05) is 11.1 Å². The van der Waals surface area contributed by atoms with E-state index in [0.29, 0.717) is 11.3 Å². The van der Waals surface area contributed by atoms with Crippen LogP contribution in [0.3, 0.4) is 0 Å². The molecule has 0 radical (unpaired) electrons. The fraction of sp³-hybridized carbons (Fsp3) is 0.0526. The summed E-state index contributed by atoms with van der Waals surface area (Å²) >= 11 is 0. The van der Waals surface area contributed by atoms with Crippen molar-refractivity contribution in [3.63, 3.8) is 0 Å². The number of hydrogen-bond acceptors (Lipinski definition) is 4. The standard InChI is InChI=1S/C19H13NO3/c21-19(22-12-4-7-15-5-2-1-3-6-15)17-10-8-16(9-11-17)18-13-20-14-23-18/h1-3,5-6,8-11,13-14H,12H2. The van der Waals surface area contributed by atoms with E-state index in [2.05, 4.69) is 16.8 Å². The zero-order chi connectivity index (χ0) is 15.9. The molecule has 0 aliphatic rings. The van der Waals surface area contributed by atoms with Crippen LogP contribution in [-0.2, 0) is 4.74 Å². The number of hydrogen-bond donors (Lipinski definition) is 0. The van der Waals surface area contributed by atoms with Crippen molar-refractivity contribution in [2.45, 2.75) is 0 Å². The summed E-state index contributed by atoms with van der Waals surface area (Å²) in [4.78, 5) is 15.8. The second-order valence-corrected chi connectivity index (χ2v) is 4.69. The third kappa shape index (κ3) is 3.86. The van der Waals surface area contributed by atoms with Gasteiger partial charge in [-0.25, -0.2) is 9.78 Å². The summed E-state index contributed by atoms with van der Waals surface area (Å²) in [6, 6.07) is 16.5. The van der Waals surface area contributed by atoms with Gasteiger partial charge in [-0.3, -0.25) is 0 Å². The number of ether oxygens (including phenoxy) is 1. The summed E-state index contributed by atoms with van der Waals surface area (Å²) in [5.74, 6) is 6.00. The number of benzene rings is 2. The molecular weight excluding hydrogens is 290 g/mol. The molecule has 4 heteroatoms. The van der Waals surface area contributed by atoms with Gasteiger partial charge in [-0.2, -0.15) is 0 Å². The van der Waals surface area contributed by atoms with Gasteiger partial charge in [-0.1, -0.05) is 42.2 Å². The lowest BCUT2D eigenvalue weighted by Gasteiger charge is -2.02. The highest BCUT2D eigenvalue weighted by Crippen LogP contribution is 2.19. The minimum atomic E-state index is -0.406. The van der Waals surface area contributed by atoms with E-state index < -0.39 is 5.97 Å². The lowest BCUT2D eigenvalue weighted by atomic mass is 10.1. The SMILES string of the molecule is O=C(OCC#Cc1ccccc1)c1ccc(-c2cnco2)cc1. The van der Waals surface area contributed by atoms with Crippen molar-refractivity contribution in [1.29, 1.82) is 0 Å². The van der Waals surface area contributed by atoms with Gasteiger partial charge in [0.05, 0.1) is 11.8 Å². The molecule has 0 spiro atoms. The minimum Gasteiger partial charge on any atom is -0.449 e. The number of carbonyl (C=O) groups excluding carboxylic acids is 1. The summed E-state index contributed by atoms with van der Waals surface area (Å²) in [7, 11) is 0. The van der Waals surface area contributed by atoms with Crippen LogP contribution in [0.5, 0.6) is 0 Å². The monoisotopic (exact) mass is 303 g/mol. The molecule has 1 heterocycles. The van der Waals surface area contributed by atoms with Gasteiger partial charge in [0.2, 0.25) is 0 Å². The molecule has 0 bridgehead atoms. The Hall–Kier alpha value is -3.32. The van der Waals surface area contributed by atoms with Crippen LogP contribution in [0.4, 0.5) is 0 Å². The number of oxazole rings is 1. The molecule has 2 aromatic carbocycles. The van der Waals surface area contributed by atoms with E-state index in [-0.39, 0.29) is 6.61 Å². The van der Waals surface area contributed by atoms with Gasteiger partial charge in [-0.15, -0.1) is 0 Å². The van der Waals surface area contributed by atoms with E-state index in [0.717, 1.165) is 11.1 Å².